The van der Waals surface area contributed by atoms with Gasteiger partial charge in [0, 0.05) is 43.2 Å². The molecule has 1 atom stereocenters. The second-order valence-corrected chi connectivity index (χ2v) is 7.26. The number of ether oxygens (including phenoxy) is 1. The molecule has 7 heteroatoms. The Hall–Kier alpha value is -2.93. The smallest absolute Gasteiger partial charge is 0.219 e. The molecule has 0 spiro atoms. The Morgan fingerprint density at radius 2 is 2.00 bits per heavy atom. The minimum Gasteiger partial charge on any atom is -0.439 e. The number of aliphatic imine (C=N–C) groups is 1. The van der Waals surface area contributed by atoms with Gasteiger partial charge in [0.15, 0.2) is 5.96 Å². The molecule has 0 fully saturated rings. The molecule has 5 nitrogen and oxygen atoms in total. The van der Waals surface area contributed by atoms with Gasteiger partial charge < -0.3 is 15.4 Å². The summed E-state index contributed by atoms with van der Waals surface area (Å²) in [6.07, 6.45) is 1.74. The molecule has 1 aromatic carbocycles. The van der Waals surface area contributed by atoms with Crippen LogP contribution in [0, 0.1) is 5.82 Å². The second kappa shape index (κ2) is 9.85. The Balaban J connectivity index is 1.47. The van der Waals surface area contributed by atoms with E-state index in [9.17, 15) is 4.39 Å². The molecule has 0 aliphatic heterocycles. The molecule has 0 amide bonds. The van der Waals surface area contributed by atoms with Crippen molar-refractivity contribution in [3.63, 3.8) is 0 Å². The largest absolute Gasteiger partial charge is 0.439 e. The zero-order chi connectivity index (χ0) is 19.8. The van der Waals surface area contributed by atoms with Gasteiger partial charge in [-0.05, 0) is 41.3 Å². The Morgan fingerprint density at radius 3 is 2.64 bits per heavy atom. The van der Waals surface area contributed by atoms with Crippen LogP contribution < -0.4 is 15.4 Å². The van der Waals surface area contributed by atoms with Crippen molar-refractivity contribution >= 4 is 17.3 Å². The SMILES string of the molecule is CN=C(NCc1ccc(Oc2ccc(F)cc2)nc1)NCC(C)c1cccs1. The minimum atomic E-state index is -0.298. The Bertz CT molecular complexity index is 880. The fourth-order valence-corrected chi connectivity index (χ4v) is 3.31. The number of benzene rings is 1. The lowest BCUT2D eigenvalue weighted by molar-refractivity contribution is 0.461. The third-order valence-corrected chi connectivity index (χ3v) is 5.23. The first kappa shape index (κ1) is 19.8. The summed E-state index contributed by atoms with van der Waals surface area (Å²) in [5.41, 5.74) is 1.00. The van der Waals surface area contributed by atoms with Crippen LogP contribution in [0.15, 0.2) is 65.1 Å². The van der Waals surface area contributed by atoms with Crippen molar-refractivity contribution in [1.29, 1.82) is 0 Å². The van der Waals surface area contributed by atoms with Crippen LogP contribution in [-0.2, 0) is 6.54 Å². The van der Waals surface area contributed by atoms with Gasteiger partial charge >= 0.3 is 0 Å². The van der Waals surface area contributed by atoms with Gasteiger partial charge in [0.1, 0.15) is 11.6 Å². The van der Waals surface area contributed by atoms with E-state index in [2.05, 4.69) is 45.0 Å². The van der Waals surface area contributed by atoms with Crippen molar-refractivity contribution in [3.8, 4) is 11.6 Å². The first-order valence-corrected chi connectivity index (χ1v) is 9.88. The van der Waals surface area contributed by atoms with E-state index < -0.39 is 0 Å². The van der Waals surface area contributed by atoms with Gasteiger partial charge in [0.2, 0.25) is 5.88 Å². The molecule has 2 heterocycles. The van der Waals surface area contributed by atoms with E-state index in [1.165, 1.54) is 17.0 Å². The number of halogens is 1. The fraction of sp³-hybridized carbons (Fsp3) is 0.238. The van der Waals surface area contributed by atoms with E-state index in [0.29, 0.717) is 24.1 Å². The average molecular weight is 399 g/mol. The molecule has 3 rings (SSSR count). The van der Waals surface area contributed by atoms with Crippen LogP contribution in [0.1, 0.15) is 23.3 Å². The maximum atomic E-state index is 12.9. The standard InChI is InChI=1S/C21H23FN4OS/c1-15(19-4-3-11-28-19)12-25-21(23-2)26-14-16-5-10-20(24-13-16)27-18-8-6-17(22)7-9-18/h3-11,13,15H,12,14H2,1-2H3,(H2,23,25,26). The second-order valence-electron chi connectivity index (χ2n) is 6.28. The summed E-state index contributed by atoms with van der Waals surface area (Å²) in [5.74, 6) is 1.87. The Kier molecular flexibility index (Phi) is 6.97. The highest BCUT2D eigenvalue weighted by molar-refractivity contribution is 7.10. The van der Waals surface area contributed by atoms with Crippen LogP contribution in [0.3, 0.4) is 0 Å². The van der Waals surface area contributed by atoms with Crippen LogP contribution in [0.4, 0.5) is 4.39 Å². The van der Waals surface area contributed by atoms with E-state index in [0.717, 1.165) is 18.1 Å². The van der Waals surface area contributed by atoms with E-state index in [1.807, 2.05) is 6.07 Å². The zero-order valence-electron chi connectivity index (χ0n) is 15.9. The minimum absolute atomic E-state index is 0.298. The molecule has 2 aromatic heterocycles. The van der Waals surface area contributed by atoms with Crippen LogP contribution in [-0.4, -0.2) is 24.5 Å². The lowest BCUT2D eigenvalue weighted by atomic mass is 10.1. The molecule has 2 N–H and O–H groups in total. The number of aromatic nitrogens is 1. The lowest BCUT2D eigenvalue weighted by Gasteiger charge is -2.15. The van der Waals surface area contributed by atoms with Gasteiger partial charge in [-0.1, -0.05) is 19.1 Å². The summed E-state index contributed by atoms with van der Waals surface area (Å²) in [4.78, 5) is 9.90. The van der Waals surface area contributed by atoms with Gasteiger partial charge in [-0.25, -0.2) is 9.37 Å². The topological polar surface area (TPSA) is 58.5 Å². The van der Waals surface area contributed by atoms with Crippen LogP contribution >= 0.6 is 11.3 Å². The summed E-state index contributed by atoms with van der Waals surface area (Å²) in [5, 5.41) is 8.72. The lowest BCUT2D eigenvalue weighted by Crippen LogP contribution is -2.38. The van der Waals surface area contributed by atoms with Crippen LogP contribution in [0.2, 0.25) is 0 Å². The Labute approximate surface area is 168 Å². The quantitative estimate of drug-likeness (QED) is 0.453. The molecule has 0 aliphatic carbocycles. The number of thiophene rings is 1. The molecule has 0 bridgehead atoms. The molecule has 3 aromatic rings. The fourth-order valence-electron chi connectivity index (χ4n) is 2.53. The molecule has 0 saturated heterocycles. The molecule has 0 saturated carbocycles. The van der Waals surface area contributed by atoms with Gasteiger partial charge in [0.25, 0.3) is 0 Å². The normalized spacial score (nSPS) is 12.5. The number of nitrogens with zero attached hydrogens (tertiary/aromatic N) is 2. The highest BCUT2D eigenvalue weighted by Gasteiger charge is 2.07. The number of nitrogens with one attached hydrogen (secondary N) is 2. The summed E-state index contributed by atoms with van der Waals surface area (Å²) in [6, 6.07) is 13.8. The molecule has 1 unspecified atom stereocenters. The van der Waals surface area contributed by atoms with E-state index >= 15 is 0 Å². The molecule has 28 heavy (non-hydrogen) atoms. The van der Waals surface area contributed by atoms with Crippen LogP contribution in [0.25, 0.3) is 0 Å². The summed E-state index contributed by atoms with van der Waals surface area (Å²) < 4.78 is 18.5. The first-order valence-electron chi connectivity index (χ1n) is 9.00. The zero-order valence-corrected chi connectivity index (χ0v) is 16.7. The number of hydrogen-bond donors (Lipinski definition) is 2. The monoisotopic (exact) mass is 398 g/mol. The van der Waals surface area contributed by atoms with Crippen molar-refractivity contribution in [2.45, 2.75) is 19.4 Å². The number of guanidine groups is 1. The van der Waals surface area contributed by atoms with Gasteiger partial charge in [0.05, 0.1) is 0 Å². The molecule has 0 radical (unpaired) electrons. The van der Waals surface area contributed by atoms with Crippen molar-refractivity contribution in [2.24, 2.45) is 4.99 Å². The van der Waals surface area contributed by atoms with Gasteiger partial charge in [-0.3, -0.25) is 4.99 Å². The van der Waals surface area contributed by atoms with Crippen LogP contribution in [0.5, 0.6) is 11.6 Å². The molecular weight excluding hydrogens is 375 g/mol. The maximum Gasteiger partial charge on any atom is 0.219 e. The predicted octanol–water partition coefficient (Wildman–Crippen LogP) is 4.54. The highest BCUT2D eigenvalue weighted by atomic mass is 32.1. The summed E-state index contributed by atoms with van der Waals surface area (Å²) in [7, 11) is 1.75. The third kappa shape index (κ3) is 5.79. The van der Waals surface area contributed by atoms with Gasteiger partial charge in [-0.15, -0.1) is 11.3 Å². The number of rotatable bonds is 7. The predicted molar refractivity (Wildman–Crippen MR) is 112 cm³/mol. The third-order valence-electron chi connectivity index (χ3n) is 4.12. The molecule has 0 aliphatic rings. The molecule has 146 valence electrons. The van der Waals surface area contributed by atoms with Crippen molar-refractivity contribution in [2.75, 3.05) is 13.6 Å². The molecular formula is C21H23FN4OS. The van der Waals surface area contributed by atoms with Crippen molar-refractivity contribution in [1.82, 2.24) is 15.6 Å². The van der Waals surface area contributed by atoms with E-state index in [1.54, 1.807) is 42.8 Å². The van der Waals surface area contributed by atoms with Crippen molar-refractivity contribution in [3.05, 3.63) is 76.4 Å². The van der Waals surface area contributed by atoms with Gasteiger partial charge in [-0.2, -0.15) is 0 Å². The Morgan fingerprint density at radius 1 is 1.18 bits per heavy atom. The maximum absolute atomic E-state index is 12.9. The summed E-state index contributed by atoms with van der Waals surface area (Å²) >= 11 is 1.76. The van der Waals surface area contributed by atoms with E-state index in [-0.39, 0.29) is 5.82 Å². The van der Waals surface area contributed by atoms with E-state index in [4.69, 9.17) is 4.74 Å². The average Bonchev–Trinajstić information content (AvgIpc) is 3.26. The number of hydrogen-bond acceptors (Lipinski definition) is 4. The number of pyridine rings is 1. The van der Waals surface area contributed by atoms with Crippen molar-refractivity contribution < 1.29 is 9.13 Å². The first-order chi connectivity index (χ1) is 13.6. The summed E-state index contributed by atoms with van der Waals surface area (Å²) in [6.45, 7) is 3.59. The highest BCUT2D eigenvalue weighted by Crippen LogP contribution is 2.20.